The van der Waals surface area contributed by atoms with Gasteiger partial charge in [0.25, 0.3) is 5.92 Å². The minimum absolute atomic E-state index is 0.218. The molecule has 4 heteroatoms. The average Bonchev–Trinajstić information content (AvgIpc) is 2.45. The number of benzene rings is 1. The second kappa shape index (κ2) is 3.59. The van der Waals surface area contributed by atoms with Crippen LogP contribution in [0.2, 0.25) is 0 Å². The third kappa shape index (κ3) is 1.81. The van der Waals surface area contributed by atoms with Crippen LogP contribution in [0.3, 0.4) is 0 Å². The van der Waals surface area contributed by atoms with E-state index >= 15 is 0 Å². The molecule has 14 heavy (non-hydrogen) atoms. The fraction of sp³-hybridized carbons (Fsp3) is 0.400. The molecule has 1 unspecified atom stereocenters. The van der Waals surface area contributed by atoms with Gasteiger partial charge in [-0.25, -0.2) is 8.78 Å². The first-order valence-electron chi connectivity index (χ1n) is 4.43. The number of alkyl halides is 2. The molecular weight excluding hydrogens is 252 g/mol. The van der Waals surface area contributed by atoms with Gasteiger partial charge in [0.05, 0.1) is 12.5 Å². The number of hydrogen-bond donors (Lipinski definition) is 1. The van der Waals surface area contributed by atoms with Crippen LogP contribution in [-0.2, 0) is 0 Å². The minimum atomic E-state index is -2.62. The Morgan fingerprint density at radius 2 is 2.21 bits per heavy atom. The molecule has 1 heterocycles. The Morgan fingerprint density at radius 1 is 1.43 bits per heavy atom. The van der Waals surface area contributed by atoms with Gasteiger partial charge in [-0.05, 0) is 17.7 Å². The maximum atomic E-state index is 13.3. The van der Waals surface area contributed by atoms with Crippen LogP contribution in [0, 0.1) is 0 Å². The summed E-state index contributed by atoms with van der Waals surface area (Å²) in [4.78, 5) is 0. The topological polar surface area (TPSA) is 12.0 Å². The van der Waals surface area contributed by atoms with Crippen molar-refractivity contribution in [3.63, 3.8) is 0 Å². The van der Waals surface area contributed by atoms with E-state index in [9.17, 15) is 8.78 Å². The van der Waals surface area contributed by atoms with E-state index in [1.807, 2.05) is 6.07 Å². The zero-order valence-electron chi connectivity index (χ0n) is 7.43. The Morgan fingerprint density at radius 3 is 2.79 bits per heavy atom. The van der Waals surface area contributed by atoms with Gasteiger partial charge in [-0.1, -0.05) is 28.1 Å². The summed E-state index contributed by atoms with van der Waals surface area (Å²) < 4.78 is 27.5. The first-order chi connectivity index (χ1) is 6.59. The molecule has 1 fully saturated rings. The Balaban J connectivity index is 2.31. The van der Waals surface area contributed by atoms with E-state index in [0.717, 1.165) is 4.47 Å². The molecule has 0 saturated carbocycles. The van der Waals surface area contributed by atoms with Crippen LogP contribution in [0.25, 0.3) is 0 Å². The first-order valence-corrected chi connectivity index (χ1v) is 5.23. The summed E-state index contributed by atoms with van der Waals surface area (Å²) in [6.07, 6.45) is 0. The Labute approximate surface area is 89.6 Å². The van der Waals surface area contributed by atoms with E-state index in [0.29, 0.717) is 12.1 Å². The second-order valence-electron chi connectivity index (χ2n) is 3.50. The molecule has 0 aromatic heterocycles. The summed E-state index contributed by atoms with van der Waals surface area (Å²) in [5, 5.41) is 2.72. The van der Waals surface area contributed by atoms with Gasteiger partial charge >= 0.3 is 0 Å². The van der Waals surface area contributed by atoms with Gasteiger partial charge in [0, 0.05) is 11.0 Å². The molecule has 1 aliphatic heterocycles. The molecule has 1 atom stereocenters. The predicted octanol–water partition coefficient (Wildman–Crippen LogP) is 2.77. The summed E-state index contributed by atoms with van der Waals surface area (Å²) in [6.45, 7) is 0.133. The number of nitrogens with one attached hydrogen (secondary N) is 1. The van der Waals surface area contributed by atoms with Gasteiger partial charge in [-0.2, -0.15) is 0 Å². The van der Waals surface area contributed by atoms with Crippen molar-refractivity contribution in [1.29, 1.82) is 0 Å². The highest BCUT2D eigenvalue weighted by atomic mass is 79.9. The van der Waals surface area contributed by atoms with Crippen LogP contribution >= 0.6 is 15.9 Å². The van der Waals surface area contributed by atoms with E-state index in [-0.39, 0.29) is 6.54 Å². The summed E-state index contributed by atoms with van der Waals surface area (Å²) in [7, 11) is 0. The highest BCUT2D eigenvalue weighted by Crippen LogP contribution is 2.36. The van der Waals surface area contributed by atoms with Crippen molar-refractivity contribution in [3.05, 3.63) is 34.3 Å². The van der Waals surface area contributed by atoms with Crippen LogP contribution in [0.1, 0.15) is 11.5 Å². The second-order valence-corrected chi connectivity index (χ2v) is 4.42. The lowest BCUT2D eigenvalue weighted by Crippen LogP contribution is -2.25. The van der Waals surface area contributed by atoms with Gasteiger partial charge in [0.1, 0.15) is 0 Å². The molecule has 0 spiro atoms. The lowest BCUT2D eigenvalue weighted by molar-refractivity contribution is 0.00576. The maximum Gasteiger partial charge on any atom is 0.268 e. The SMILES string of the molecule is FC1(F)CNCC1c1cccc(Br)c1. The number of hydrogen-bond acceptors (Lipinski definition) is 1. The van der Waals surface area contributed by atoms with Crippen molar-refractivity contribution >= 4 is 15.9 Å². The standard InChI is InChI=1S/C10H10BrF2N/c11-8-3-1-2-7(4-8)9-5-14-6-10(9,12)13/h1-4,9,14H,5-6H2. The van der Waals surface area contributed by atoms with Gasteiger partial charge in [0.2, 0.25) is 0 Å². The maximum absolute atomic E-state index is 13.3. The molecule has 1 aromatic carbocycles. The fourth-order valence-electron chi connectivity index (χ4n) is 1.74. The first kappa shape index (κ1) is 10.1. The largest absolute Gasteiger partial charge is 0.310 e. The van der Waals surface area contributed by atoms with Crippen LogP contribution in [0.15, 0.2) is 28.7 Å². The van der Waals surface area contributed by atoms with Gasteiger partial charge in [-0.15, -0.1) is 0 Å². The fourth-order valence-corrected chi connectivity index (χ4v) is 2.16. The Hall–Kier alpha value is -0.480. The van der Waals surface area contributed by atoms with E-state index in [1.165, 1.54) is 0 Å². The lowest BCUT2D eigenvalue weighted by Gasteiger charge is -2.18. The van der Waals surface area contributed by atoms with E-state index in [1.54, 1.807) is 18.2 Å². The lowest BCUT2D eigenvalue weighted by atomic mass is 9.96. The molecule has 0 radical (unpaired) electrons. The van der Waals surface area contributed by atoms with Crippen LogP contribution in [-0.4, -0.2) is 19.0 Å². The van der Waals surface area contributed by atoms with Crippen molar-refractivity contribution in [3.8, 4) is 0 Å². The van der Waals surface area contributed by atoms with E-state index < -0.39 is 11.8 Å². The van der Waals surface area contributed by atoms with Gasteiger partial charge in [-0.3, -0.25) is 0 Å². The van der Waals surface area contributed by atoms with Crippen molar-refractivity contribution in [2.45, 2.75) is 11.8 Å². The monoisotopic (exact) mass is 261 g/mol. The van der Waals surface area contributed by atoms with Crippen LogP contribution in [0.4, 0.5) is 8.78 Å². The number of rotatable bonds is 1. The highest BCUT2D eigenvalue weighted by molar-refractivity contribution is 9.10. The smallest absolute Gasteiger partial charge is 0.268 e. The third-order valence-corrected chi connectivity index (χ3v) is 2.96. The zero-order chi connectivity index (χ0) is 10.2. The summed E-state index contributed by atoms with van der Waals surface area (Å²) in [5.74, 6) is -3.32. The summed E-state index contributed by atoms with van der Waals surface area (Å²) in [5.41, 5.74) is 0.689. The predicted molar refractivity (Wildman–Crippen MR) is 54.7 cm³/mol. The molecule has 1 N–H and O–H groups in total. The molecule has 0 bridgehead atoms. The van der Waals surface area contributed by atoms with Crippen LogP contribution < -0.4 is 5.32 Å². The molecule has 1 aliphatic rings. The Kier molecular flexibility index (Phi) is 2.58. The van der Waals surface area contributed by atoms with Crippen molar-refractivity contribution in [2.75, 3.05) is 13.1 Å². The Bertz CT molecular complexity index is 341. The van der Waals surface area contributed by atoms with Crippen molar-refractivity contribution in [1.82, 2.24) is 5.32 Å². The van der Waals surface area contributed by atoms with Gasteiger partial charge < -0.3 is 5.32 Å². The minimum Gasteiger partial charge on any atom is -0.310 e. The molecule has 1 saturated heterocycles. The van der Waals surface area contributed by atoms with Crippen molar-refractivity contribution in [2.24, 2.45) is 0 Å². The molecule has 76 valence electrons. The molecular formula is C10H10BrF2N. The zero-order valence-corrected chi connectivity index (χ0v) is 9.02. The quantitative estimate of drug-likeness (QED) is 0.820. The molecule has 1 aromatic rings. The summed E-state index contributed by atoms with van der Waals surface area (Å²) >= 11 is 3.28. The third-order valence-electron chi connectivity index (χ3n) is 2.47. The van der Waals surface area contributed by atoms with Crippen molar-refractivity contribution < 1.29 is 8.78 Å². The number of halogens is 3. The van der Waals surface area contributed by atoms with Crippen LogP contribution in [0.5, 0.6) is 0 Å². The highest BCUT2D eigenvalue weighted by Gasteiger charge is 2.44. The average molecular weight is 262 g/mol. The molecule has 0 amide bonds. The normalized spacial score (nSPS) is 25.2. The molecule has 2 rings (SSSR count). The van der Waals surface area contributed by atoms with Gasteiger partial charge in [0.15, 0.2) is 0 Å². The molecule has 0 aliphatic carbocycles. The molecule has 1 nitrogen and oxygen atoms in total. The van der Waals surface area contributed by atoms with E-state index in [4.69, 9.17) is 0 Å². The van der Waals surface area contributed by atoms with E-state index in [2.05, 4.69) is 21.2 Å². The summed E-state index contributed by atoms with van der Waals surface area (Å²) in [6, 6.07) is 7.12.